The van der Waals surface area contributed by atoms with Gasteiger partial charge in [0.1, 0.15) is 11.8 Å². The third-order valence-corrected chi connectivity index (χ3v) is 3.47. The fourth-order valence-electron chi connectivity index (χ4n) is 2.05. The third kappa shape index (κ3) is 5.27. The molecule has 0 bridgehead atoms. The summed E-state index contributed by atoms with van der Waals surface area (Å²) in [7, 11) is 1.50. The molecule has 0 radical (unpaired) electrons. The largest absolute Gasteiger partial charge is 0.493 e. The zero-order chi connectivity index (χ0) is 18.2. The fourth-order valence-corrected chi connectivity index (χ4v) is 2.28. The Morgan fingerprint density at radius 3 is 2.64 bits per heavy atom. The summed E-state index contributed by atoms with van der Waals surface area (Å²) in [6, 6.07) is 12.0. The summed E-state index contributed by atoms with van der Waals surface area (Å²) in [6.07, 6.45) is 2.92. The minimum Gasteiger partial charge on any atom is -0.493 e. The van der Waals surface area contributed by atoms with Gasteiger partial charge in [0.2, 0.25) is 0 Å². The van der Waals surface area contributed by atoms with Crippen LogP contribution in [-0.4, -0.2) is 19.7 Å². The number of esters is 1. The molecule has 0 saturated carbocycles. The quantitative estimate of drug-likeness (QED) is 0.440. The maximum atomic E-state index is 12.0. The average molecular weight is 358 g/mol. The number of methoxy groups -OCH3 is 1. The maximum absolute atomic E-state index is 12.0. The van der Waals surface area contributed by atoms with Crippen LogP contribution in [0.3, 0.4) is 0 Å². The van der Waals surface area contributed by atoms with E-state index in [2.05, 4.69) is 0 Å². The Kier molecular flexibility index (Phi) is 6.44. The van der Waals surface area contributed by atoms with Crippen LogP contribution in [0, 0.1) is 18.3 Å². The lowest BCUT2D eigenvalue weighted by Gasteiger charge is -2.09. The van der Waals surface area contributed by atoms with E-state index in [0.29, 0.717) is 22.3 Å². The highest BCUT2D eigenvalue weighted by molar-refractivity contribution is 6.30. The van der Waals surface area contributed by atoms with E-state index in [-0.39, 0.29) is 6.61 Å². The lowest BCUT2D eigenvalue weighted by Crippen LogP contribution is -2.04. The van der Waals surface area contributed by atoms with Crippen molar-refractivity contribution in [3.63, 3.8) is 0 Å². The number of hydrogen-bond acceptors (Lipinski definition) is 5. The van der Waals surface area contributed by atoms with Gasteiger partial charge < -0.3 is 14.2 Å². The molecule has 0 unspecified atom stereocenters. The molecule has 2 rings (SSSR count). The summed E-state index contributed by atoms with van der Waals surface area (Å²) in [5, 5.41) is 9.14. The summed E-state index contributed by atoms with van der Waals surface area (Å²) in [4.78, 5) is 12.0. The Bertz CT molecular complexity index is 840. The monoisotopic (exact) mass is 357 g/mol. The van der Waals surface area contributed by atoms with Crippen LogP contribution in [0.15, 0.2) is 42.5 Å². The van der Waals surface area contributed by atoms with Gasteiger partial charge in [-0.25, -0.2) is 4.79 Å². The molecular formula is C19H16ClNO4. The van der Waals surface area contributed by atoms with Crippen molar-refractivity contribution in [3.05, 3.63) is 58.6 Å². The normalized spacial score (nSPS) is 10.3. The minimum absolute atomic E-state index is 0.0711. The summed E-state index contributed by atoms with van der Waals surface area (Å²) in [5.41, 5.74) is 1.50. The molecule has 0 N–H and O–H groups in total. The highest BCUT2D eigenvalue weighted by Gasteiger charge is 2.07. The summed E-state index contributed by atoms with van der Waals surface area (Å²) in [5.74, 6) is 0.881. The number of halogens is 1. The highest BCUT2D eigenvalue weighted by atomic mass is 35.5. The first-order chi connectivity index (χ1) is 12.0. The molecular weight excluding hydrogens is 342 g/mol. The Hall–Kier alpha value is -2.97. The number of carbonyl (C=O) groups excluding carboxylic acids is 1. The van der Waals surface area contributed by atoms with Crippen molar-refractivity contribution in [3.8, 4) is 23.3 Å². The molecule has 128 valence electrons. The molecule has 0 fully saturated rings. The van der Waals surface area contributed by atoms with Gasteiger partial charge in [0, 0.05) is 11.1 Å². The second-order valence-electron chi connectivity index (χ2n) is 5.02. The van der Waals surface area contributed by atoms with Crippen LogP contribution >= 0.6 is 11.6 Å². The number of carbonyl (C=O) groups is 1. The van der Waals surface area contributed by atoms with Crippen molar-refractivity contribution < 1.29 is 19.0 Å². The topological polar surface area (TPSA) is 68.6 Å². The van der Waals surface area contributed by atoms with E-state index >= 15 is 0 Å². The van der Waals surface area contributed by atoms with Crippen molar-refractivity contribution in [2.75, 3.05) is 13.7 Å². The number of nitriles is 1. The predicted octanol–water partition coefficient (Wildman–Crippen LogP) is 4.18. The number of nitrogens with zero attached hydrogens (tertiary/aromatic N) is 1. The maximum Gasteiger partial charge on any atom is 0.336 e. The highest BCUT2D eigenvalue weighted by Crippen LogP contribution is 2.28. The van der Waals surface area contributed by atoms with Gasteiger partial charge in [-0.2, -0.15) is 5.26 Å². The molecule has 0 heterocycles. The lowest BCUT2D eigenvalue weighted by molar-refractivity contribution is -0.128. The number of rotatable bonds is 6. The average Bonchev–Trinajstić information content (AvgIpc) is 2.60. The van der Waals surface area contributed by atoms with Gasteiger partial charge in [0.25, 0.3) is 0 Å². The molecule has 6 heteroatoms. The van der Waals surface area contributed by atoms with Gasteiger partial charge in [0.05, 0.1) is 7.11 Å². The van der Waals surface area contributed by atoms with Crippen LogP contribution in [0.5, 0.6) is 17.2 Å². The van der Waals surface area contributed by atoms with E-state index in [1.165, 1.54) is 13.2 Å². The standard InChI is InChI=1S/C19H16ClNO4/c1-13-11-15(20)5-7-16(13)25-19(22)8-4-14-3-6-17(24-10-9-21)18(12-14)23-2/h3-8,11-12H,10H2,1-2H3/b8-4+. The van der Waals surface area contributed by atoms with Crippen LogP contribution in [-0.2, 0) is 4.79 Å². The Morgan fingerprint density at radius 2 is 1.96 bits per heavy atom. The number of hydrogen-bond donors (Lipinski definition) is 0. The molecule has 2 aromatic rings. The van der Waals surface area contributed by atoms with Crippen molar-refractivity contribution in [1.29, 1.82) is 5.26 Å². The second-order valence-corrected chi connectivity index (χ2v) is 5.46. The van der Waals surface area contributed by atoms with Crippen molar-refractivity contribution in [2.24, 2.45) is 0 Å². The van der Waals surface area contributed by atoms with Crippen molar-refractivity contribution in [2.45, 2.75) is 6.92 Å². The molecule has 0 aliphatic carbocycles. The Morgan fingerprint density at radius 1 is 1.20 bits per heavy atom. The molecule has 0 aliphatic rings. The van der Waals surface area contributed by atoms with E-state index in [0.717, 1.165) is 11.1 Å². The summed E-state index contributed by atoms with van der Waals surface area (Å²) < 4.78 is 15.7. The zero-order valence-corrected chi connectivity index (χ0v) is 14.5. The van der Waals surface area contributed by atoms with Gasteiger partial charge in [-0.15, -0.1) is 0 Å². The summed E-state index contributed by atoms with van der Waals surface area (Å²) in [6.45, 7) is 1.74. The number of benzene rings is 2. The molecule has 2 aromatic carbocycles. The smallest absolute Gasteiger partial charge is 0.336 e. The molecule has 5 nitrogen and oxygen atoms in total. The van der Waals surface area contributed by atoms with Gasteiger partial charge in [0.15, 0.2) is 18.1 Å². The molecule has 0 aliphatic heterocycles. The van der Waals surface area contributed by atoms with Gasteiger partial charge in [-0.3, -0.25) is 0 Å². The number of ether oxygens (including phenoxy) is 3. The SMILES string of the molecule is COc1cc(/C=C/C(=O)Oc2ccc(Cl)cc2C)ccc1OCC#N. The number of aryl methyl sites for hydroxylation is 1. The van der Waals surface area contributed by atoms with Gasteiger partial charge in [-0.1, -0.05) is 17.7 Å². The second kappa shape index (κ2) is 8.76. The first-order valence-corrected chi connectivity index (χ1v) is 7.75. The van der Waals surface area contributed by atoms with Crippen LogP contribution in [0.4, 0.5) is 0 Å². The minimum atomic E-state index is -0.505. The fraction of sp³-hybridized carbons (Fsp3) is 0.158. The molecule has 25 heavy (non-hydrogen) atoms. The van der Waals surface area contributed by atoms with Crippen LogP contribution in [0.25, 0.3) is 6.08 Å². The molecule has 0 aromatic heterocycles. The van der Waals surface area contributed by atoms with E-state index < -0.39 is 5.97 Å². The van der Waals surface area contributed by atoms with E-state index in [1.54, 1.807) is 42.5 Å². The summed E-state index contributed by atoms with van der Waals surface area (Å²) >= 11 is 5.87. The van der Waals surface area contributed by atoms with Crippen LogP contribution < -0.4 is 14.2 Å². The molecule has 0 amide bonds. The Balaban J connectivity index is 2.07. The van der Waals surface area contributed by atoms with Crippen molar-refractivity contribution >= 4 is 23.6 Å². The van der Waals surface area contributed by atoms with Crippen LogP contribution in [0.2, 0.25) is 5.02 Å². The molecule has 0 atom stereocenters. The third-order valence-electron chi connectivity index (χ3n) is 3.24. The lowest BCUT2D eigenvalue weighted by atomic mass is 10.2. The van der Waals surface area contributed by atoms with E-state index in [1.807, 2.05) is 13.0 Å². The van der Waals surface area contributed by atoms with Gasteiger partial charge >= 0.3 is 5.97 Å². The van der Waals surface area contributed by atoms with Crippen molar-refractivity contribution in [1.82, 2.24) is 0 Å². The van der Waals surface area contributed by atoms with E-state index in [4.69, 9.17) is 31.1 Å². The first-order valence-electron chi connectivity index (χ1n) is 7.37. The zero-order valence-electron chi connectivity index (χ0n) is 13.8. The molecule has 0 saturated heterocycles. The first kappa shape index (κ1) is 18.4. The van der Waals surface area contributed by atoms with E-state index in [9.17, 15) is 4.79 Å². The Labute approximate surface area is 151 Å². The predicted molar refractivity (Wildman–Crippen MR) is 95.0 cm³/mol. The van der Waals surface area contributed by atoms with Crippen LogP contribution in [0.1, 0.15) is 11.1 Å². The molecule has 0 spiro atoms. The van der Waals surface area contributed by atoms with Gasteiger partial charge in [-0.05, 0) is 54.5 Å².